The van der Waals surface area contributed by atoms with Crippen LogP contribution in [0.2, 0.25) is 0 Å². The van der Waals surface area contributed by atoms with Gasteiger partial charge in [0.05, 0.1) is 16.6 Å². The molecule has 6 heteroatoms. The molecule has 1 aliphatic rings. The van der Waals surface area contributed by atoms with Crippen molar-refractivity contribution in [3.05, 3.63) is 180 Å². The molecule has 1 aliphatic heterocycles. The summed E-state index contributed by atoms with van der Waals surface area (Å²) in [6.45, 7) is 0. The average Bonchev–Trinajstić information content (AvgIpc) is 3.07. The first-order valence-corrected chi connectivity index (χ1v) is 15.1. The van der Waals surface area contributed by atoms with Gasteiger partial charge in [-0.15, -0.1) is 41.5 Å². The van der Waals surface area contributed by atoms with Crippen LogP contribution in [0.25, 0.3) is 22.2 Å². The van der Waals surface area contributed by atoms with Crippen LogP contribution < -0.4 is 4.74 Å². The van der Waals surface area contributed by atoms with Gasteiger partial charge in [0.25, 0.3) is 0 Å². The molecule has 5 aromatic carbocycles. The van der Waals surface area contributed by atoms with E-state index in [4.69, 9.17) is 14.7 Å². The second kappa shape index (κ2) is 12.1. The molecule has 0 aliphatic carbocycles. The Morgan fingerprint density at radius 1 is 0.667 bits per heavy atom. The molecule has 3 heterocycles. The summed E-state index contributed by atoms with van der Waals surface area (Å²) in [5, 5.41) is 0.749. The molecule has 0 spiro atoms. The molecular weight excluding hydrogens is 759 g/mol. The molecule has 0 unspecified atom stereocenters. The summed E-state index contributed by atoms with van der Waals surface area (Å²) < 4.78 is 20.1. The molecule has 0 radical (unpaired) electrons. The van der Waals surface area contributed by atoms with Crippen molar-refractivity contribution in [2.45, 2.75) is 15.2 Å². The van der Waals surface area contributed by atoms with E-state index in [0.717, 1.165) is 44.5 Å². The van der Waals surface area contributed by atoms with Crippen molar-refractivity contribution >= 4 is 22.7 Å². The van der Waals surface area contributed by atoms with E-state index in [-0.39, 0.29) is 26.9 Å². The summed E-state index contributed by atoms with van der Waals surface area (Å²) in [4.78, 5) is 12.0. The Kier molecular flexibility index (Phi) is 7.83. The second-order valence-corrected chi connectivity index (χ2v) is 11.6. The number of nitrogens with zero attached hydrogens (tertiary/aromatic N) is 2. The fourth-order valence-corrected chi connectivity index (χ4v) is 7.22. The van der Waals surface area contributed by atoms with Crippen molar-refractivity contribution < 1.29 is 30.2 Å². The van der Waals surface area contributed by atoms with Gasteiger partial charge in [-0.25, -0.2) is 4.39 Å². The summed E-state index contributed by atoms with van der Waals surface area (Å²) in [5.41, 5.74) is 5.71. The van der Waals surface area contributed by atoms with Crippen molar-refractivity contribution in [3.63, 3.8) is 0 Å². The van der Waals surface area contributed by atoms with Crippen molar-refractivity contribution in [2.75, 3.05) is 0 Å². The topological polar surface area (TPSA) is 35.0 Å². The van der Waals surface area contributed by atoms with E-state index < -0.39 is 5.41 Å². The minimum absolute atomic E-state index is 0. The third-order valence-corrected chi connectivity index (χ3v) is 9.09. The first-order chi connectivity index (χ1) is 21.7. The molecule has 0 fully saturated rings. The van der Waals surface area contributed by atoms with Crippen molar-refractivity contribution in [3.8, 4) is 22.8 Å². The van der Waals surface area contributed by atoms with Crippen LogP contribution in [0.15, 0.2) is 149 Å². The van der Waals surface area contributed by atoms with Crippen LogP contribution in [0.3, 0.4) is 0 Å². The maximum atomic E-state index is 13.7. The molecule has 0 N–H and O–H groups in total. The molecule has 8 rings (SSSR count). The van der Waals surface area contributed by atoms with E-state index >= 15 is 0 Å². The predicted molar refractivity (Wildman–Crippen MR) is 172 cm³/mol. The Morgan fingerprint density at radius 3 is 2.13 bits per heavy atom. The quantitative estimate of drug-likeness (QED) is 0.163. The van der Waals surface area contributed by atoms with Gasteiger partial charge >= 0.3 is 21.1 Å². The van der Waals surface area contributed by atoms with Crippen LogP contribution in [0.5, 0.6) is 11.5 Å². The van der Waals surface area contributed by atoms with Crippen molar-refractivity contribution in [1.29, 1.82) is 0 Å². The maximum Gasteiger partial charge on any atom is 2.00 e. The Hall–Kier alpha value is -4.57. The summed E-state index contributed by atoms with van der Waals surface area (Å²) in [5.74, 6) is 0.835. The Balaban J connectivity index is 0.00000325. The Labute approximate surface area is 279 Å². The number of hydrogen-bond donors (Lipinski definition) is 0. The number of fused-ring (bicyclic) bond motifs is 3. The number of aromatic nitrogens is 2. The molecule has 3 nitrogen and oxygen atoms in total. The molecule has 218 valence electrons. The predicted octanol–water partition coefficient (Wildman–Crippen LogP) is 9.67. The second-order valence-electron chi connectivity index (χ2n) is 10.6. The Morgan fingerprint density at radius 2 is 1.38 bits per heavy atom. The van der Waals surface area contributed by atoms with E-state index in [1.165, 1.54) is 21.9 Å². The van der Waals surface area contributed by atoms with Crippen LogP contribution >= 0.6 is 11.8 Å². The summed E-state index contributed by atoms with van der Waals surface area (Å²) in [6, 6.07) is 50.2. The molecule has 0 saturated heterocycles. The van der Waals surface area contributed by atoms with Gasteiger partial charge in [-0.2, -0.15) is 12.1 Å². The molecular formula is C39H23FN2OPtS. The molecule has 0 bridgehead atoms. The van der Waals surface area contributed by atoms with Gasteiger partial charge < -0.3 is 4.74 Å². The number of benzene rings is 5. The first-order valence-electron chi connectivity index (χ1n) is 14.3. The van der Waals surface area contributed by atoms with Crippen LogP contribution in [0.1, 0.15) is 22.4 Å². The van der Waals surface area contributed by atoms with Crippen LogP contribution in [-0.4, -0.2) is 9.97 Å². The molecule has 7 aromatic rings. The molecule has 2 aromatic heterocycles. The number of hydrogen-bond acceptors (Lipinski definition) is 4. The van der Waals surface area contributed by atoms with Gasteiger partial charge in [0.1, 0.15) is 5.82 Å². The van der Waals surface area contributed by atoms with Gasteiger partial charge in [0.2, 0.25) is 0 Å². The summed E-state index contributed by atoms with van der Waals surface area (Å²) >= 11 is 1.78. The third kappa shape index (κ3) is 5.16. The van der Waals surface area contributed by atoms with E-state index in [2.05, 4.69) is 72.8 Å². The zero-order chi connectivity index (χ0) is 29.5. The number of ether oxygens (including phenoxy) is 1. The van der Waals surface area contributed by atoms with Gasteiger partial charge in [0.15, 0.2) is 0 Å². The fourth-order valence-electron chi connectivity index (χ4n) is 6.03. The fraction of sp³-hybridized carbons (Fsp3) is 0.0256. The summed E-state index contributed by atoms with van der Waals surface area (Å²) in [7, 11) is 0. The van der Waals surface area contributed by atoms with Crippen LogP contribution in [0.4, 0.5) is 4.39 Å². The van der Waals surface area contributed by atoms with E-state index in [1.807, 2.05) is 60.8 Å². The molecule has 0 amide bonds. The van der Waals surface area contributed by atoms with Crippen LogP contribution in [-0.2, 0) is 26.5 Å². The van der Waals surface area contributed by atoms with Gasteiger partial charge in [-0.1, -0.05) is 72.4 Å². The first kappa shape index (κ1) is 29.2. The molecule has 45 heavy (non-hydrogen) atoms. The number of rotatable bonds is 5. The van der Waals surface area contributed by atoms with E-state index in [1.54, 1.807) is 17.8 Å². The largest absolute Gasteiger partial charge is 2.00 e. The zero-order valence-corrected chi connectivity index (χ0v) is 26.8. The third-order valence-electron chi connectivity index (χ3n) is 7.94. The Bertz CT molecular complexity index is 2130. The maximum absolute atomic E-state index is 13.7. The van der Waals surface area contributed by atoms with Crippen LogP contribution in [0, 0.1) is 17.9 Å². The average molecular weight is 782 g/mol. The minimum atomic E-state index is -0.695. The molecule has 0 saturated carbocycles. The van der Waals surface area contributed by atoms with E-state index in [0.29, 0.717) is 11.5 Å². The molecule has 0 atom stereocenters. The van der Waals surface area contributed by atoms with Gasteiger partial charge in [-0.3, -0.25) is 9.97 Å². The van der Waals surface area contributed by atoms with Gasteiger partial charge in [-0.05, 0) is 59.3 Å². The number of pyridine rings is 2. The normalized spacial score (nSPS) is 12.9. The standard InChI is InChI=1S/C39H23FN2OS.Pt/c40-29-19-21-35-27(23-29)18-20-34(42-35)26-9-7-11-30(24-26)43-31-12-8-10-28(25-31)39(38-17-5-6-22-41-38)32-13-1-3-15-36(32)44-37-16-4-2-14-33(37)39;/h1-23H;/q-2;+2. The zero-order valence-electron chi connectivity index (χ0n) is 23.7. The van der Waals surface area contributed by atoms with E-state index in [9.17, 15) is 4.39 Å². The smallest absolute Gasteiger partial charge is 0.503 e. The van der Waals surface area contributed by atoms with Crippen molar-refractivity contribution in [1.82, 2.24) is 9.97 Å². The summed E-state index contributed by atoms with van der Waals surface area (Å²) in [6.07, 6.45) is 1.85. The van der Waals surface area contributed by atoms with Crippen molar-refractivity contribution in [2.24, 2.45) is 0 Å². The monoisotopic (exact) mass is 781 g/mol. The van der Waals surface area contributed by atoms with Gasteiger partial charge in [0, 0.05) is 32.9 Å². The minimum Gasteiger partial charge on any atom is -0.503 e. The number of halogens is 1. The SMILES string of the molecule is Fc1ccc2nc(-c3[c-]c(Oc4[c-]c(C5(c6ccccn6)c6ccccc6Sc6ccccc65)ccc4)ccc3)ccc2c1.[Pt+2].